The van der Waals surface area contributed by atoms with E-state index in [9.17, 15) is 9.90 Å². The number of amides is 1. The third kappa shape index (κ3) is 3.65. The Bertz CT molecular complexity index is 531. The Labute approximate surface area is 120 Å². The minimum atomic E-state index is -0.564. The summed E-state index contributed by atoms with van der Waals surface area (Å²) in [7, 11) is 0. The monoisotopic (exact) mass is 295 g/mol. The van der Waals surface area contributed by atoms with Crippen LogP contribution in [0, 0.1) is 5.92 Å². The van der Waals surface area contributed by atoms with Crippen LogP contribution in [0.4, 0.5) is 0 Å². The largest absolute Gasteiger partial charge is 0.383 e. The van der Waals surface area contributed by atoms with Gasteiger partial charge in [-0.15, -0.1) is 11.3 Å². The van der Waals surface area contributed by atoms with Gasteiger partial charge in [0.25, 0.3) is 0 Å². The summed E-state index contributed by atoms with van der Waals surface area (Å²) in [5, 5.41) is 17.0. The predicted octanol–water partition coefficient (Wildman–Crippen LogP) is 3.16. The number of aliphatic hydroxyl groups is 1. The topological polar surface area (TPSA) is 49.3 Å². The second-order valence-corrected chi connectivity index (χ2v) is 6.62. The van der Waals surface area contributed by atoms with E-state index >= 15 is 0 Å². The molecule has 3 nitrogen and oxygen atoms in total. The second kappa shape index (κ2) is 6.32. The van der Waals surface area contributed by atoms with E-state index in [0.717, 1.165) is 15.3 Å². The average Bonchev–Trinajstić information content (AvgIpc) is 3.06. The van der Waals surface area contributed by atoms with Crippen LogP contribution in [0.25, 0.3) is 0 Å². The van der Waals surface area contributed by atoms with Gasteiger partial charge in [-0.3, -0.25) is 4.79 Å². The summed E-state index contributed by atoms with van der Waals surface area (Å²) in [6.45, 7) is 4.27. The predicted molar refractivity (Wildman–Crippen MR) is 79.4 cm³/mol. The van der Waals surface area contributed by atoms with Crippen LogP contribution < -0.4 is 5.32 Å². The highest BCUT2D eigenvalue weighted by Gasteiger charge is 2.14. The Hall–Kier alpha value is -1.17. The van der Waals surface area contributed by atoms with Crippen molar-refractivity contribution < 1.29 is 9.90 Å². The third-order valence-corrected chi connectivity index (χ3v) is 4.61. The van der Waals surface area contributed by atoms with Crippen molar-refractivity contribution in [1.82, 2.24) is 5.32 Å². The maximum Gasteiger partial charge on any atom is 0.222 e. The Kier molecular flexibility index (Phi) is 4.74. The molecule has 102 valence electrons. The van der Waals surface area contributed by atoms with Crippen molar-refractivity contribution in [3.8, 4) is 0 Å². The zero-order valence-electron chi connectivity index (χ0n) is 10.9. The summed E-state index contributed by atoms with van der Waals surface area (Å²) in [6, 6.07) is 5.80. The summed E-state index contributed by atoms with van der Waals surface area (Å²) in [5.41, 5.74) is 0.921. The van der Waals surface area contributed by atoms with Crippen LogP contribution in [0.5, 0.6) is 0 Å². The van der Waals surface area contributed by atoms with Gasteiger partial charge in [-0.25, -0.2) is 0 Å². The maximum absolute atomic E-state index is 11.5. The van der Waals surface area contributed by atoms with Crippen LogP contribution >= 0.6 is 22.7 Å². The highest BCUT2D eigenvalue weighted by molar-refractivity contribution is 7.12. The Morgan fingerprint density at radius 1 is 1.37 bits per heavy atom. The van der Waals surface area contributed by atoms with E-state index in [1.165, 1.54) is 11.3 Å². The molecule has 0 bridgehead atoms. The lowest BCUT2D eigenvalue weighted by Crippen LogP contribution is -2.26. The first-order valence-corrected chi connectivity index (χ1v) is 7.90. The molecule has 0 saturated heterocycles. The minimum Gasteiger partial charge on any atom is -0.383 e. The van der Waals surface area contributed by atoms with Gasteiger partial charge in [0, 0.05) is 15.7 Å². The second-order valence-electron chi connectivity index (χ2n) is 4.64. The lowest BCUT2D eigenvalue weighted by atomic mass is 10.2. The van der Waals surface area contributed by atoms with Crippen molar-refractivity contribution in [3.63, 3.8) is 0 Å². The van der Waals surface area contributed by atoms with E-state index in [-0.39, 0.29) is 11.8 Å². The molecule has 19 heavy (non-hydrogen) atoms. The van der Waals surface area contributed by atoms with Crippen molar-refractivity contribution in [2.75, 3.05) is 0 Å². The average molecular weight is 295 g/mol. The van der Waals surface area contributed by atoms with Gasteiger partial charge in [0.1, 0.15) is 6.10 Å². The first-order chi connectivity index (χ1) is 9.08. The molecular weight excluding hydrogens is 278 g/mol. The van der Waals surface area contributed by atoms with Crippen LogP contribution in [0.3, 0.4) is 0 Å². The molecule has 2 rings (SSSR count). The molecule has 0 saturated carbocycles. The molecular formula is C14H17NO2S2. The fourth-order valence-corrected chi connectivity index (χ4v) is 3.26. The molecule has 0 aliphatic rings. The highest BCUT2D eigenvalue weighted by atomic mass is 32.1. The number of aliphatic hydroxyl groups excluding tert-OH is 1. The van der Waals surface area contributed by atoms with Crippen LogP contribution in [0.1, 0.15) is 35.3 Å². The molecule has 2 aromatic heterocycles. The highest BCUT2D eigenvalue weighted by Crippen LogP contribution is 2.29. The van der Waals surface area contributed by atoms with Gasteiger partial charge in [0.15, 0.2) is 0 Å². The molecule has 0 spiro atoms. The number of hydrogen-bond donors (Lipinski definition) is 2. The van der Waals surface area contributed by atoms with E-state index in [2.05, 4.69) is 5.32 Å². The number of hydrogen-bond acceptors (Lipinski definition) is 4. The number of thiophene rings is 2. The Morgan fingerprint density at radius 3 is 2.79 bits per heavy atom. The van der Waals surface area contributed by atoms with Gasteiger partial charge in [-0.05, 0) is 34.5 Å². The first kappa shape index (κ1) is 14.2. The Morgan fingerprint density at radius 2 is 2.16 bits per heavy atom. The summed E-state index contributed by atoms with van der Waals surface area (Å²) >= 11 is 3.11. The summed E-state index contributed by atoms with van der Waals surface area (Å²) in [6.07, 6.45) is -0.564. The Balaban J connectivity index is 1.97. The van der Waals surface area contributed by atoms with E-state index in [0.29, 0.717) is 6.54 Å². The molecule has 0 aromatic carbocycles. The number of rotatable bonds is 5. The summed E-state index contributed by atoms with van der Waals surface area (Å²) in [5.74, 6) is 0.0455. The van der Waals surface area contributed by atoms with Gasteiger partial charge in [0.05, 0.1) is 6.54 Å². The molecule has 1 unspecified atom stereocenters. The molecule has 0 aliphatic heterocycles. The number of nitrogens with one attached hydrogen (secondary N) is 1. The smallest absolute Gasteiger partial charge is 0.222 e. The number of carbonyl (C=O) groups is 1. The van der Waals surface area contributed by atoms with Gasteiger partial charge in [0.2, 0.25) is 5.91 Å². The van der Waals surface area contributed by atoms with E-state index in [1.54, 1.807) is 11.3 Å². The normalized spacial score (nSPS) is 12.6. The number of carbonyl (C=O) groups excluding carboxylic acids is 1. The standard InChI is InChI=1S/C14H17NO2S2/c1-9(2)14(17)15-7-11-3-4-12(19-11)13(16)10-5-6-18-8-10/h3-6,8-9,13,16H,7H2,1-2H3,(H,15,17). The zero-order valence-corrected chi connectivity index (χ0v) is 12.6. The van der Waals surface area contributed by atoms with Crippen molar-refractivity contribution >= 4 is 28.6 Å². The van der Waals surface area contributed by atoms with Gasteiger partial charge in [-0.1, -0.05) is 13.8 Å². The van der Waals surface area contributed by atoms with Crippen molar-refractivity contribution in [2.24, 2.45) is 5.92 Å². The van der Waals surface area contributed by atoms with Crippen LogP contribution in [-0.2, 0) is 11.3 Å². The lowest BCUT2D eigenvalue weighted by Gasteiger charge is -2.07. The van der Waals surface area contributed by atoms with Crippen molar-refractivity contribution in [3.05, 3.63) is 44.3 Å². The zero-order chi connectivity index (χ0) is 13.8. The van der Waals surface area contributed by atoms with E-state index in [4.69, 9.17) is 0 Å². The van der Waals surface area contributed by atoms with Crippen LogP contribution in [-0.4, -0.2) is 11.0 Å². The first-order valence-electron chi connectivity index (χ1n) is 6.14. The quantitative estimate of drug-likeness (QED) is 0.890. The summed E-state index contributed by atoms with van der Waals surface area (Å²) in [4.78, 5) is 13.5. The van der Waals surface area contributed by atoms with Crippen LogP contribution in [0.15, 0.2) is 29.0 Å². The van der Waals surface area contributed by atoms with Gasteiger partial charge >= 0.3 is 0 Å². The van der Waals surface area contributed by atoms with Crippen molar-refractivity contribution in [1.29, 1.82) is 0 Å². The fraction of sp³-hybridized carbons (Fsp3) is 0.357. The van der Waals surface area contributed by atoms with Gasteiger partial charge in [-0.2, -0.15) is 11.3 Å². The van der Waals surface area contributed by atoms with E-state index in [1.807, 2.05) is 42.8 Å². The molecule has 0 aliphatic carbocycles. The molecule has 1 amide bonds. The molecule has 2 aromatic rings. The third-order valence-electron chi connectivity index (χ3n) is 2.77. The van der Waals surface area contributed by atoms with Gasteiger partial charge < -0.3 is 10.4 Å². The van der Waals surface area contributed by atoms with Crippen molar-refractivity contribution in [2.45, 2.75) is 26.5 Å². The minimum absolute atomic E-state index is 0.00386. The SMILES string of the molecule is CC(C)C(=O)NCc1ccc(C(O)c2ccsc2)s1. The lowest BCUT2D eigenvalue weighted by molar-refractivity contribution is -0.124. The molecule has 5 heteroatoms. The van der Waals surface area contributed by atoms with Crippen LogP contribution in [0.2, 0.25) is 0 Å². The molecule has 0 fully saturated rings. The molecule has 2 N–H and O–H groups in total. The fourth-order valence-electron chi connectivity index (χ4n) is 1.61. The molecule has 2 heterocycles. The molecule has 1 atom stereocenters. The summed E-state index contributed by atoms with van der Waals surface area (Å²) < 4.78 is 0. The van der Waals surface area contributed by atoms with E-state index < -0.39 is 6.10 Å². The maximum atomic E-state index is 11.5. The molecule has 0 radical (unpaired) electrons.